The zero-order chi connectivity index (χ0) is 12.5. The number of ether oxygens (including phenoxy) is 2. The molecule has 94 valence electrons. The molecule has 2 atom stereocenters. The Morgan fingerprint density at radius 2 is 2.12 bits per heavy atom. The molecule has 2 rings (SSSR count). The molecular formula is C14H21NO2. The second-order valence-corrected chi connectivity index (χ2v) is 5.10. The zero-order valence-electron chi connectivity index (χ0n) is 11.0. The van der Waals surface area contributed by atoms with Gasteiger partial charge in [-0.25, -0.2) is 0 Å². The van der Waals surface area contributed by atoms with Crippen LogP contribution in [0.4, 0.5) is 0 Å². The van der Waals surface area contributed by atoms with Crippen molar-refractivity contribution >= 4 is 0 Å². The van der Waals surface area contributed by atoms with Crippen molar-refractivity contribution in [2.24, 2.45) is 0 Å². The van der Waals surface area contributed by atoms with Crippen molar-refractivity contribution in [3.63, 3.8) is 0 Å². The van der Waals surface area contributed by atoms with Crippen molar-refractivity contribution < 1.29 is 9.47 Å². The van der Waals surface area contributed by atoms with Crippen LogP contribution in [-0.4, -0.2) is 25.4 Å². The highest BCUT2D eigenvalue weighted by atomic mass is 16.5. The third-order valence-electron chi connectivity index (χ3n) is 3.72. The Morgan fingerprint density at radius 3 is 2.82 bits per heavy atom. The van der Waals surface area contributed by atoms with Gasteiger partial charge < -0.3 is 14.8 Å². The van der Waals surface area contributed by atoms with Gasteiger partial charge in [0.2, 0.25) is 0 Å². The summed E-state index contributed by atoms with van der Waals surface area (Å²) in [7, 11) is 1.75. The molecule has 1 aromatic rings. The zero-order valence-corrected chi connectivity index (χ0v) is 11.0. The number of hydrogen-bond donors (Lipinski definition) is 1. The molecule has 2 unspecified atom stereocenters. The molecule has 0 amide bonds. The summed E-state index contributed by atoms with van der Waals surface area (Å²) in [5.41, 5.74) is 1.06. The number of benzene rings is 1. The van der Waals surface area contributed by atoms with Gasteiger partial charge in [-0.3, -0.25) is 0 Å². The molecule has 0 saturated heterocycles. The van der Waals surface area contributed by atoms with Gasteiger partial charge in [0.15, 0.2) is 0 Å². The van der Waals surface area contributed by atoms with Crippen LogP contribution in [0.1, 0.15) is 32.4 Å². The highest BCUT2D eigenvalue weighted by Gasteiger charge is 2.31. The maximum atomic E-state index is 5.65. The first-order valence-electron chi connectivity index (χ1n) is 6.07. The van der Waals surface area contributed by atoms with E-state index in [2.05, 4.69) is 32.2 Å². The fourth-order valence-electron chi connectivity index (χ4n) is 1.98. The van der Waals surface area contributed by atoms with Crippen LogP contribution in [0.2, 0.25) is 0 Å². The van der Waals surface area contributed by atoms with E-state index in [1.807, 2.05) is 18.2 Å². The van der Waals surface area contributed by atoms with Gasteiger partial charge in [-0.1, -0.05) is 18.2 Å². The normalized spacial score (nSPS) is 20.8. The van der Waals surface area contributed by atoms with E-state index >= 15 is 0 Å². The van der Waals surface area contributed by atoms with Crippen LogP contribution in [0.15, 0.2) is 24.3 Å². The minimum atomic E-state index is -0.183. The number of rotatable bonds is 4. The highest BCUT2D eigenvalue weighted by Crippen LogP contribution is 2.32. The number of methoxy groups -OCH3 is 1. The molecule has 0 spiro atoms. The molecule has 0 fully saturated rings. The van der Waals surface area contributed by atoms with E-state index in [0.29, 0.717) is 6.61 Å². The number of hydrogen-bond acceptors (Lipinski definition) is 3. The number of nitrogens with one attached hydrogen (secondary N) is 1. The molecule has 1 N–H and O–H groups in total. The van der Waals surface area contributed by atoms with Crippen LogP contribution in [0.3, 0.4) is 0 Å². The molecule has 3 heteroatoms. The summed E-state index contributed by atoms with van der Waals surface area (Å²) in [4.78, 5) is 0. The first-order valence-corrected chi connectivity index (χ1v) is 6.07. The lowest BCUT2D eigenvalue weighted by Crippen LogP contribution is -2.47. The second-order valence-electron chi connectivity index (χ2n) is 5.10. The minimum absolute atomic E-state index is 0.183. The van der Waals surface area contributed by atoms with Crippen LogP contribution < -0.4 is 10.1 Å². The van der Waals surface area contributed by atoms with Crippen LogP contribution >= 0.6 is 0 Å². The third-order valence-corrected chi connectivity index (χ3v) is 3.72. The predicted octanol–water partition coefficient (Wildman–Crippen LogP) is 2.52. The van der Waals surface area contributed by atoms with E-state index in [0.717, 1.165) is 5.75 Å². The van der Waals surface area contributed by atoms with Crippen molar-refractivity contribution in [1.82, 2.24) is 5.32 Å². The lowest BCUT2D eigenvalue weighted by molar-refractivity contribution is -0.00874. The topological polar surface area (TPSA) is 30.5 Å². The molecule has 1 aromatic carbocycles. The van der Waals surface area contributed by atoms with Crippen molar-refractivity contribution in [3.8, 4) is 5.75 Å². The highest BCUT2D eigenvalue weighted by molar-refractivity contribution is 5.39. The summed E-state index contributed by atoms with van der Waals surface area (Å²) in [5.74, 6) is 0.993. The first kappa shape index (κ1) is 12.4. The first-order chi connectivity index (χ1) is 8.04. The summed E-state index contributed by atoms with van der Waals surface area (Å²) in [6.45, 7) is 7.02. The molecule has 0 radical (unpaired) electrons. The van der Waals surface area contributed by atoms with Crippen LogP contribution in [0, 0.1) is 0 Å². The summed E-state index contributed by atoms with van der Waals surface area (Å²) in [6.07, 6.45) is 0. The molecule has 0 saturated carbocycles. The molecule has 0 aliphatic carbocycles. The van der Waals surface area contributed by atoms with Gasteiger partial charge in [0.1, 0.15) is 12.4 Å². The molecule has 0 aromatic heterocycles. The second kappa shape index (κ2) is 4.67. The average molecular weight is 235 g/mol. The molecule has 1 aliphatic heterocycles. The molecule has 1 heterocycles. The number of fused-ring (bicyclic) bond motifs is 1. The lowest BCUT2D eigenvalue weighted by atomic mass is 9.98. The summed E-state index contributed by atoms with van der Waals surface area (Å²) < 4.78 is 11.1. The Bertz CT molecular complexity index is 390. The van der Waals surface area contributed by atoms with Crippen LogP contribution in [0.25, 0.3) is 0 Å². The van der Waals surface area contributed by atoms with Gasteiger partial charge in [0.05, 0.1) is 11.6 Å². The van der Waals surface area contributed by atoms with E-state index in [1.54, 1.807) is 7.11 Å². The minimum Gasteiger partial charge on any atom is -0.491 e. The number of para-hydroxylation sites is 1. The summed E-state index contributed by atoms with van der Waals surface area (Å²) >= 11 is 0. The summed E-state index contributed by atoms with van der Waals surface area (Å²) in [6, 6.07) is 8.70. The average Bonchev–Trinajstić information content (AvgIpc) is 2.73. The van der Waals surface area contributed by atoms with Crippen molar-refractivity contribution in [1.29, 1.82) is 0 Å². The van der Waals surface area contributed by atoms with Crippen molar-refractivity contribution in [2.45, 2.75) is 38.5 Å². The van der Waals surface area contributed by atoms with Crippen LogP contribution in [0.5, 0.6) is 5.75 Å². The Kier molecular flexibility index (Phi) is 3.40. The standard InChI is InChI=1S/C14H21NO2/c1-10(14(2,3)16-4)15-12-9-17-13-8-6-5-7-11(12)13/h5-8,10,12,15H,9H2,1-4H3. The molecule has 3 nitrogen and oxygen atoms in total. The molecular weight excluding hydrogens is 214 g/mol. The van der Waals surface area contributed by atoms with Gasteiger partial charge in [0, 0.05) is 18.7 Å². The van der Waals surface area contributed by atoms with Crippen molar-refractivity contribution in [2.75, 3.05) is 13.7 Å². The maximum Gasteiger partial charge on any atom is 0.124 e. The Labute approximate surface area is 103 Å². The smallest absolute Gasteiger partial charge is 0.124 e. The van der Waals surface area contributed by atoms with E-state index in [-0.39, 0.29) is 17.7 Å². The van der Waals surface area contributed by atoms with E-state index in [9.17, 15) is 0 Å². The van der Waals surface area contributed by atoms with E-state index in [4.69, 9.17) is 9.47 Å². The van der Waals surface area contributed by atoms with E-state index < -0.39 is 0 Å². The van der Waals surface area contributed by atoms with Gasteiger partial charge in [0.25, 0.3) is 0 Å². The monoisotopic (exact) mass is 235 g/mol. The van der Waals surface area contributed by atoms with Crippen molar-refractivity contribution in [3.05, 3.63) is 29.8 Å². The van der Waals surface area contributed by atoms with Gasteiger partial charge >= 0.3 is 0 Å². The quantitative estimate of drug-likeness (QED) is 0.870. The molecule has 17 heavy (non-hydrogen) atoms. The Balaban J connectivity index is 2.07. The fourth-order valence-corrected chi connectivity index (χ4v) is 1.98. The lowest BCUT2D eigenvalue weighted by Gasteiger charge is -2.33. The molecule has 1 aliphatic rings. The predicted molar refractivity (Wildman–Crippen MR) is 68.4 cm³/mol. The largest absolute Gasteiger partial charge is 0.491 e. The van der Waals surface area contributed by atoms with Crippen LogP contribution in [-0.2, 0) is 4.74 Å². The van der Waals surface area contributed by atoms with Gasteiger partial charge in [-0.15, -0.1) is 0 Å². The van der Waals surface area contributed by atoms with Gasteiger partial charge in [-0.2, -0.15) is 0 Å². The fraction of sp³-hybridized carbons (Fsp3) is 0.571. The SMILES string of the molecule is COC(C)(C)C(C)NC1COc2ccccc21. The Hall–Kier alpha value is -1.06. The Morgan fingerprint density at radius 1 is 1.41 bits per heavy atom. The summed E-state index contributed by atoms with van der Waals surface area (Å²) in [5, 5.41) is 3.58. The van der Waals surface area contributed by atoms with Gasteiger partial charge in [-0.05, 0) is 26.8 Å². The maximum absolute atomic E-state index is 5.65. The van der Waals surface area contributed by atoms with E-state index in [1.165, 1.54) is 5.56 Å². The molecule has 0 bridgehead atoms. The third kappa shape index (κ3) is 2.45.